The summed E-state index contributed by atoms with van der Waals surface area (Å²) in [5.74, 6) is -0.0102. The van der Waals surface area contributed by atoms with Crippen molar-refractivity contribution in [3.8, 4) is 0 Å². The van der Waals surface area contributed by atoms with Gasteiger partial charge in [0, 0.05) is 6.07 Å². The Balaban J connectivity index is 2.99. The van der Waals surface area contributed by atoms with Gasteiger partial charge in [0.05, 0.1) is 4.92 Å². The molecule has 9 heteroatoms. The van der Waals surface area contributed by atoms with Crippen molar-refractivity contribution in [2.45, 2.75) is 38.7 Å². The topological polar surface area (TPSA) is 116 Å². The van der Waals surface area contributed by atoms with E-state index in [1.807, 2.05) is 27.7 Å². The Kier molecular flexibility index (Phi) is 6.08. The van der Waals surface area contributed by atoms with E-state index >= 15 is 0 Å². The fraction of sp³-hybridized carbons (Fsp3) is 0.500. The number of hydrogen-bond donors (Lipinski definition) is 1. The van der Waals surface area contributed by atoms with Crippen molar-refractivity contribution in [2.75, 3.05) is 0 Å². The molecule has 0 atom stereocenters. The van der Waals surface area contributed by atoms with Crippen LogP contribution in [-0.4, -0.2) is 25.5 Å². The summed E-state index contributed by atoms with van der Waals surface area (Å²) in [6.07, 6.45) is -1.63. The summed E-state index contributed by atoms with van der Waals surface area (Å²) in [7, 11) is -4.40. The number of carbonyl (C=O) groups excluding carboxylic acids is 1. The van der Waals surface area contributed by atoms with Crippen LogP contribution >= 0.6 is 0 Å². The predicted octanol–water partition coefficient (Wildman–Crippen LogP) is 2.69. The van der Waals surface area contributed by atoms with E-state index in [0.29, 0.717) is 0 Å². The molecule has 0 radical (unpaired) electrons. The zero-order chi connectivity index (χ0) is 17.8. The molecule has 0 saturated carbocycles. The molecule has 128 valence electrons. The van der Waals surface area contributed by atoms with E-state index in [9.17, 15) is 23.3 Å². The summed E-state index contributed by atoms with van der Waals surface area (Å²) in [5.41, 5.74) is -0.614. The average molecular weight is 344 g/mol. The van der Waals surface area contributed by atoms with E-state index in [1.165, 1.54) is 12.1 Å². The molecule has 0 aliphatic carbocycles. The average Bonchev–Trinajstić information content (AvgIpc) is 2.43. The van der Waals surface area contributed by atoms with Crippen molar-refractivity contribution in [1.29, 1.82) is 0 Å². The smallest absolute Gasteiger partial charge is 0.421 e. The summed E-state index contributed by atoms with van der Waals surface area (Å²) >= 11 is 0. The Bertz CT molecular complexity index is 676. The number of rotatable bonds is 6. The van der Waals surface area contributed by atoms with Crippen LogP contribution in [0.1, 0.15) is 27.7 Å². The summed E-state index contributed by atoms with van der Waals surface area (Å²) in [6.45, 7) is 7.37. The van der Waals surface area contributed by atoms with Crippen LogP contribution < -0.4 is 4.72 Å². The van der Waals surface area contributed by atoms with E-state index in [1.54, 1.807) is 4.72 Å². The molecule has 0 bridgehead atoms. The molecule has 0 heterocycles. The number of nitro benzene ring substituents is 1. The molecule has 0 fully saturated rings. The third kappa shape index (κ3) is 4.92. The minimum atomic E-state index is -4.40. The quantitative estimate of drug-likeness (QED) is 0.626. The van der Waals surface area contributed by atoms with Gasteiger partial charge in [-0.05, 0) is 17.9 Å². The number of ether oxygens (including phenoxy) is 1. The molecule has 1 rings (SSSR count). The molecule has 0 aliphatic rings. The molecule has 1 N–H and O–H groups in total. The van der Waals surface area contributed by atoms with Crippen LogP contribution in [0, 0.1) is 22.0 Å². The summed E-state index contributed by atoms with van der Waals surface area (Å²) in [5, 5.41) is 10.9. The maximum absolute atomic E-state index is 12.2. The molecule has 1 aromatic rings. The highest BCUT2D eigenvalue weighted by molar-refractivity contribution is 7.90. The van der Waals surface area contributed by atoms with Gasteiger partial charge in [-0.2, -0.15) is 0 Å². The van der Waals surface area contributed by atoms with Crippen molar-refractivity contribution in [1.82, 2.24) is 4.72 Å². The van der Waals surface area contributed by atoms with Gasteiger partial charge in [0.25, 0.3) is 15.7 Å². The van der Waals surface area contributed by atoms with Gasteiger partial charge in [0.2, 0.25) is 0 Å². The number of sulfonamides is 1. The van der Waals surface area contributed by atoms with Crippen LogP contribution in [0.25, 0.3) is 0 Å². The van der Waals surface area contributed by atoms with Gasteiger partial charge in [-0.25, -0.2) is 17.9 Å². The van der Waals surface area contributed by atoms with Crippen LogP contribution in [0.2, 0.25) is 0 Å². The molecule has 1 amide bonds. The fourth-order valence-corrected chi connectivity index (χ4v) is 3.24. The van der Waals surface area contributed by atoms with Crippen molar-refractivity contribution < 1.29 is 22.9 Å². The number of nitrogens with one attached hydrogen (secondary N) is 1. The largest absolute Gasteiger partial charge is 0.445 e. The van der Waals surface area contributed by atoms with Crippen LogP contribution in [-0.2, 0) is 14.8 Å². The Labute approximate surface area is 135 Å². The minimum absolute atomic E-state index is 0.00508. The highest BCUT2D eigenvalue weighted by Gasteiger charge is 2.29. The maximum Gasteiger partial charge on any atom is 0.421 e. The van der Waals surface area contributed by atoms with Crippen molar-refractivity contribution in [2.24, 2.45) is 11.8 Å². The minimum Gasteiger partial charge on any atom is -0.445 e. The molecular formula is C14H20N2O6S. The standard InChI is InChI=1S/C14H20N2O6S/c1-9(2)13(10(3)4)22-14(17)15-23(20,21)12-8-6-5-7-11(12)16(18)19/h5-10,13H,1-4H3,(H,15,17). The van der Waals surface area contributed by atoms with Crippen molar-refractivity contribution in [3.63, 3.8) is 0 Å². The molecule has 1 aromatic carbocycles. The van der Waals surface area contributed by atoms with E-state index in [0.717, 1.165) is 12.1 Å². The Morgan fingerprint density at radius 1 is 1.17 bits per heavy atom. The number of amides is 1. The summed E-state index contributed by atoms with van der Waals surface area (Å²) < 4.78 is 31.2. The van der Waals surface area contributed by atoms with Gasteiger partial charge in [0.15, 0.2) is 4.90 Å². The van der Waals surface area contributed by atoms with Gasteiger partial charge in [-0.15, -0.1) is 0 Å². The van der Waals surface area contributed by atoms with E-state index in [2.05, 4.69) is 0 Å². The third-order valence-corrected chi connectivity index (χ3v) is 4.49. The first kappa shape index (κ1) is 18.9. The van der Waals surface area contributed by atoms with Crippen LogP contribution in [0.5, 0.6) is 0 Å². The number of nitro groups is 1. The van der Waals surface area contributed by atoms with Crippen molar-refractivity contribution in [3.05, 3.63) is 34.4 Å². The Morgan fingerprint density at radius 2 is 1.70 bits per heavy atom. The second-order valence-electron chi connectivity index (χ2n) is 5.69. The molecule has 0 saturated heterocycles. The summed E-state index contributed by atoms with van der Waals surface area (Å²) in [4.78, 5) is 21.3. The van der Waals surface area contributed by atoms with E-state index in [-0.39, 0.29) is 11.8 Å². The summed E-state index contributed by atoms with van der Waals surface area (Å²) in [6, 6.07) is 4.77. The van der Waals surface area contributed by atoms with Crippen LogP contribution in [0.15, 0.2) is 29.2 Å². The second kappa shape index (κ2) is 7.40. The molecule has 0 spiro atoms. The first-order chi connectivity index (χ1) is 10.6. The lowest BCUT2D eigenvalue weighted by Crippen LogP contribution is -2.37. The number of para-hydroxylation sites is 1. The van der Waals surface area contributed by atoms with Crippen LogP contribution in [0.4, 0.5) is 10.5 Å². The van der Waals surface area contributed by atoms with Gasteiger partial charge >= 0.3 is 6.09 Å². The van der Waals surface area contributed by atoms with Crippen molar-refractivity contribution >= 4 is 21.8 Å². The first-order valence-electron chi connectivity index (χ1n) is 7.03. The zero-order valence-electron chi connectivity index (χ0n) is 13.3. The number of carbonyl (C=O) groups is 1. The predicted molar refractivity (Wildman–Crippen MR) is 83.4 cm³/mol. The Hall–Kier alpha value is -2.16. The van der Waals surface area contributed by atoms with Crippen LogP contribution in [0.3, 0.4) is 0 Å². The molecule has 0 aliphatic heterocycles. The molecular weight excluding hydrogens is 324 g/mol. The molecule has 0 aromatic heterocycles. The van der Waals surface area contributed by atoms with Gasteiger partial charge in [-0.3, -0.25) is 10.1 Å². The lowest BCUT2D eigenvalue weighted by atomic mass is 9.96. The SMILES string of the molecule is CC(C)C(OC(=O)NS(=O)(=O)c1ccccc1[N+](=O)[O-])C(C)C. The highest BCUT2D eigenvalue weighted by Crippen LogP contribution is 2.23. The van der Waals surface area contributed by atoms with E-state index < -0.39 is 37.7 Å². The number of nitrogens with zero attached hydrogens (tertiary/aromatic N) is 1. The Morgan fingerprint density at radius 3 is 2.17 bits per heavy atom. The highest BCUT2D eigenvalue weighted by atomic mass is 32.2. The normalized spacial score (nSPS) is 11.8. The monoisotopic (exact) mass is 344 g/mol. The van der Waals surface area contributed by atoms with Gasteiger partial charge in [-0.1, -0.05) is 39.8 Å². The molecule has 8 nitrogen and oxygen atoms in total. The molecule has 0 unspecified atom stereocenters. The maximum atomic E-state index is 12.2. The lowest BCUT2D eigenvalue weighted by Gasteiger charge is -2.24. The third-order valence-electron chi connectivity index (χ3n) is 3.13. The van der Waals surface area contributed by atoms with E-state index in [4.69, 9.17) is 4.74 Å². The first-order valence-corrected chi connectivity index (χ1v) is 8.51. The number of benzene rings is 1. The number of hydrogen-bond acceptors (Lipinski definition) is 6. The van der Waals surface area contributed by atoms with Gasteiger partial charge < -0.3 is 4.74 Å². The lowest BCUT2D eigenvalue weighted by molar-refractivity contribution is -0.387. The fourth-order valence-electron chi connectivity index (χ4n) is 2.19. The second-order valence-corrected chi connectivity index (χ2v) is 7.34. The zero-order valence-corrected chi connectivity index (χ0v) is 14.2. The van der Waals surface area contributed by atoms with Gasteiger partial charge in [0.1, 0.15) is 6.10 Å². The molecule has 23 heavy (non-hydrogen) atoms.